The number of hydrogen-bond donors (Lipinski definition) is 2. The van der Waals surface area contributed by atoms with Crippen molar-refractivity contribution in [2.75, 3.05) is 45.8 Å². The number of methoxy groups -OCH3 is 2. The summed E-state index contributed by atoms with van der Waals surface area (Å²) in [6.45, 7) is 11.0. The Balaban J connectivity index is 1.22. The molecule has 1 fully saturated rings. The second-order valence-electron chi connectivity index (χ2n) is 13.0. The fourth-order valence-corrected chi connectivity index (χ4v) is 6.78. The maximum atomic E-state index is 9.93. The molecule has 2 aliphatic rings. The van der Waals surface area contributed by atoms with Gasteiger partial charge in [0.25, 0.3) is 0 Å². The zero-order valence-electron chi connectivity index (χ0n) is 26.0. The van der Waals surface area contributed by atoms with Crippen LogP contribution < -0.4 is 19.5 Å². The maximum absolute atomic E-state index is 9.93. The number of likely N-dealkylation sites (tertiary alicyclic amines) is 1. The first-order valence-corrected chi connectivity index (χ1v) is 15.5. The highest BCUT2D eigenvalue weighted by Crippen LogP contribution is 2.42. The van der Waals surface area contributed by atoms with Crippen LogP contribution >= 0.6 is 0 Å². The summed E-state index contributed by atoms with van der Waals surface area (Å²) in [6, 6.07) is 18.8. The van der Waals surface area contributed by atoms with Crippen molar-refractivity contribution >= 4 is 5.69 Å². The average molecular weight is 573 g/mol. The van der Waals surface area contributed by atoms with E-state index in [0.29, 0.717) is 17.1 Å². The number of phenolic OH excluding ortho intramolecular Hbond substituents is 1. The van der Waals surface area contributed by atoms with E-state index in [1.807, 2.05) is 6.07 Å². The Morgan fingerprint density at radius 3 is 2.50 bits per heavy atom. The monoisotopic (exact) mass is 572 g/mol. The molecule has 1 heterocycles. The lowest BCUT2D eigenvalue weighted by Gasteiger charge is -2.37. The summed E-state index contributed by atoms with van der Waals surface area (Å²) in [5.74, 6) is 3.11. The number of aryl methyl sites for hydroxylation is 1. The van der Waals surface area contributed by atoms with E-state index in [0.717, 1.165) is 68.3 Å². The molecule has 0 radical (unpaired) electrons. The molecule has 2 N–H and O–H groups in total. The standard InChI is InChI=1S/C36H48N2O4/c1-25(19-26-7-13-31(14-8-26)42-18-17-38-16-6-15-36(2,3)24-38)37-33-23-35(41-5)34(40-4)22-32(33)29-10-9-28-21-30(39)12-11-27(28)20-29/h7-8,11-14,21-23,25,29,37,39H,6,9-10,15-20,24H2,1-5H3. The molecule has 1 aliphatic carbocycles. The van der Waals surface area contributed by atoms with Gasteiger partial charge in [-0.1, -0.05) is 32.0 Å². The van der Waals surface area contributed by atoms with Crippen LogP contribution in [0.25, 0.3) is 0 Å². The fourth-order valence-electron chi connectivity index (χ4n) is 6.78. The highest BCUT2D eigenvalue weighted by molar-refractivity contribution is 5.63. The van der Waals surface area contributed by atoms with Gasteiger partial charge < -0.3 is 24.6 Å². The van der Waals surface area contributed by atoms with Gasteiger partial charge in [0.05, 0.1) is 14.2 Å². The molecule has 1 saturated heterocycles. The Bertz CT molecular complexity index is 1340. The molecule has 0 aromatic heterocycles. The number of hydrogen-bond acceptors (Lipinski definition) is 6. The van der Waals surface area contributed by atoms with E-state index in [2.05, 4.69) is 73.5 Å². The van der Waals surface area contributed by atoms with Crippen LogP contribution in [0, 0.1) is 5.41 Å². The number of ether oxygens (including phenoxy) is 3. The van der Waals surface area contributed by atoms with Gasteiger partial charge >= 0.3 is 0 Å². The Labute approximate surface area is 252 Å². The van der Waals surface area contributed by atoms with Crippen LogP contribution in [0.15, 0.2) is 54.6 Å². The molecule has 0 saturated carbocycles. The number of piperidine rings is 1. The van der Waals surface area contributed by atoms with Gasteiger partial charge in [-0.2, -0.15) is 0 Å². The first kappa shape index (κ1) is 30.1. The quantitative estimate of drug-likeness (QED) is 0.253. The molecule has 3 aromatic carbocycles. The molecule has 2 atom stereocenters. The lowest BCUT2D eigenvalue weighted by atomic mass is 9.79. The summed E-state index contributed by atoms with van der Waals surface area (Å²) in [5, 5.41) is 13.7. The first-order chi connectivity index (χ1) is 20.2. The summed E-state index contributed by atoms with van der Waals surface area (Å²) in [4.78, 5) is 2.53. The van der Waals surface area contributed by atoms with Crippen molar-refractivity contribution in [1.82, 2.24) is 4.90 Å². The summed E-state index contributed by atoms with van der Waals surface area (Å²) in [7, 11) is 3.38. The third kappa shape index (κ3) is 7.52. The summed E-state index contributed by atoms with van der Waals surface area (Å²) >= 11 is 0. The highest BCUT2D eigenvalue weighted by atomic mass is 16.5. The number of rotatable bonds is 11. The molecule has 0 amide bonds. The topological polar surface area (TPSA) is 63.2 Å². The Morgan fingerprint density at radius 1 is 1.00 bits per heavy atom. The molecule has 5 rings (SSSR count). The molecule has 6 heteroatoms. The minimum atomic E-state index is 0.212. The normalized spacial score (nSPS) is 19.0. The molecular weight excluding hydrogens is 524 g/mol. The van der Waals surface area contributed by atoms with Gasteiger partial charge in [-0.05, 0) is 116 Å². The number of nitrogens with zero attached hydrogens (tertiary/aromatic N) is 1. The zero-order valence-corrected chi connectivity index (χ0v) is 26.0. The zero-order chi connectivity index (χ0) is 29.7. The number of benzene rings is 3. The molecule has 0 bridgehead atoms. The predicted octanol–water partition coefficient (Wildman–Crippen LogP) is 7.23. The lowest BCUT2D eigenvalue weighted by molar-refractivity contribution is 0.102. The van der Waals surface area contributed by atoms with Crippen molar-refractivity contribution < 1.29 is 19.3 Å². The second kappa shape index (κ2) is 13.3. The van der Waals surface area contributed by atoms with Crippen LogP contribution in [0.3, 0.4) is 0 Å². The van der Waals surface area contributed by atoms with Crippen LogP contribution in [0.2, 0.25) is 0 Å². The van der Waals surface area contributed by atoms with Crippen LogP contribution in [-0.2, 0) is 19.3 Å². The Kier molecular flexibility index (Phi) is 9.52. The number of fused-ring (bicyclic) bond motifs is 1. The van der Waals surface area contributed by atoms with Gasteiger partial charge in [-0.25, -0.2) is 0 Å². The third-order valence-corrected chi connectivity index (χ3v) is 8.94. The van der Waals surface area contributed by atoms with Gasteiger partial charge in [-0.15, -0.1) is 0 Å². The summed E-state index contributed by atoms with van der Waals surface area (Å²) < 4.78 is 17.5. The van der Waals surface area contributed by atoms with Crippen molar-refractivity contribution in [3.63, 3.8) is 0 Å². The third-order valence-electron chi connectivity index (χ3n) is 8.94. The molecule has 2 unspecified atom stereocenters. The van der Waals surface area contributed by atoms with Gasteiger partial charge in [0, 0.05) is 30.9 Å². The molecule has 42 heavy (non-hydrogen) atoms. The molecule has 6 nitrogen and oxygen atoms in total. The van der Waals surface area contributed by atoms with Gasteiger partial charge in [0.15, 0.2) is 11.5 Å². The van der Waals surface area contributed by atoms with E-state index < -0.39 is 0 Å². The maximum Gasteiger partial charge on any atom is 0.162 e. The van der Waals surface area contributed by atoms with E-state index in [4.69, 9.17) is 14.2 Å². The number of aromatic hydroxyl groups is 1. The summed E-state index contributed by atoms with van der Waals surface area (Å²) in [6.07, 6.45) is 6.38. The molecule has 0 spiro atoms. The van der Waals surface area contributed by atoms with E-state index in [1.165, 1.54) is 41.6 Å². The predicted molar refractivity (Wildman–Crippen MR) is 171 cm³/mol. The number of phenols is 1. The van der Waals surface area contributed by atoms with Gasteiger partial charge in [0.2, 0.25) is 0 Å². The van der Waals surface area contributed by atoms with E-state index >= 15 is 0 Å². The van der Waals surface area contributed by atoms with Crippen LogP contribution in [0.4, 0.5) is 5.69 Å². The Morgan fingerprint density at radius 2 is 1.76 bits per heavy atom. The lowest BCUT2D eigenvalue weighted by Crippen LogP contribution is -2.41. The van der Waals surface area contributed by atoms with Crippen LogP contribution in [-0.4, -0.2) is 56.5 Å². The first-order valence-electron chi connectivity index (χ1n) is 15.5. The van der Waals surface area contributed by atoms with Crippen molar-refractivity contribution in [3.8, 4) is 23.0 Å². The van der Waals surface area contributed by atoms with Crippen molar-refractivity contribution in [2.24, 2.45) is 5.41 Å². The van der Waals surface area contributed by atoms with Crippen LogP contribution in [0.1, 0.15) is 68.2 Å². The van der Waals surface area contributed by atoms with Crippen molar-refractivity contribution in [1.29, 1.82) is 0 Å². The second-order valence-corrected chi connectivity index (χ2v) is 13.0. The minimum Gasteiger partial charge on any atom is -0.508 e. The van der Waals surface area contributed by atoms with Crippen molar-refractivity contribution in [3.05, 3.63) is 76.9 Å². The van der Waals surface area contributed by atoms with Crippen molar-refractivity contribution in [2.45, 2.75) is 71.3 Å². The largest absolute Gasteiger partial charge is 0.508 e. The SMILES string of the molecule is COc1cc(NC(C)Cc2ccc(OCCN3CCCC(C)(C)C3)cc2)c(C2CCc3cc(O)ccc3C2)cc1OC. The highest BCUT2D eigenvalue weighted by Gasteiger charge is 2.27. The number of nitrogens with one attached hydrogen (secondary N) is 1. The smallest absolute Gasteiger partial charge is 0.162 e. The van der Waals surface area contributed by atoms with E-state index in [-0.39, 0.29) is 6.04 Å². The summed E-state index contributed by atoms with van der Waals surface area (Å²) in [5.41, 5.74) is 6.58. The van der Waals surface area contributed by atoms with E-state index in [1.54, 1.807) is 20.3 Å². The minimum absolute atomic E-state index is 0.212. The van der Waals surface area contributed by atoms with Crippen LogP contribution in [0.5, 0.6) is 23.0 Å². The van der Waals surface area contributed by atoms with E-state index in [9.17, 15) is 5.11 Å². The van der Waals surface area contributed by atoms with Gasteiger partial charge in [0.1, 0.15) is 18.1 Å². The fraction of sp³-hybridized carbons (Fsp3) is 0.500. The molecular formula is C36H48N2O4. The average Bonchev–Trinajstić information content (AvgIpc) is 2.97. The molecule has 226 valence electrons. The number of anilines is 1. The molecule has 3 aromatic rings. The van der Waals surface area contributed by atoms with Gasteiger partial charge in [-0.3, -0.25) is 4.90 Å². The molecule has 1 aliphatic heterocycles. The Hall–Kier alpha value is -3.38.